The molecule has 0 bridgehead atoms. The number of nitrogens with zero attached hydrogens (tertiary/aromatic N) is 3. The summed E-state index contributed by atoms with van der Waals surface area (Å²) in [6.07, 6.45) is 3.55. The Morgan fingerprint density at radius 3 is 2.84 bits per heavy atom. The van der Waals surface area contributed by atoms with E-state index >= 15 is 0 Å². The zero-order valence-electron chi connectivity index (χ0n) is 13.5. The summed E-state index contributed by atoms with van der Waals surface area (Å²) in [5.41, 5.74) is 3.28. The predicted molar refractivity (Wildman–Crippen MR) is 92.8 cm³/mol. The van der Waals surface area contributed by atoms with Gasteiger partial charge in [-0.25, -0.2) is 9.97 Å². The first kappa shape index (κ1) is 15.2. The maximum absolute atomic E-state index is 10.0. The highest BCUT2D eigenvalue weighted by Gasteiger charge is 2.12. The number of H-pyrrole nitrogens is 1. The summed E-state index contributed by atoms with van der Waals surface area (Å²) in [4.78, 5) is 11.8. The van der Waals surface area contributed by atoms with E-state index in [0.29, 0.717) is 17.4 Å². The van der Waals surface area contributed by atoms with Gasteiger partial charge in [0.2, 0.25) is 0 Å². The van der Waals surface area contributed by atoms with Gasteiger partial charge in [-0.3, -0.25) is 4.57 Å². The van der Waals surface area contributed by atoms with Gasteiger partial charge in [-0.15, -0.1) is 0 Å². The smallest absolute Gasteiger partial charge is 0.160 e. The summed E-state index contributed by atoms with van der Waals surface area (Å²) in [7, 11) is 1.51. The second-order valence-electron chi connectivity index (χ2n) is 5.55. The number of ether oxygens (including phenoxy) is 1. The fourth-order valence-electron chi connectivity index (χ4n) is 2.83. The van der Waals surface area contributed by atoms with Crippen molar-refractivity contribution in [2.45, 2.75) is 6.61 Å². The molecule has 0 aliphatic carbocycles. The highest BCUT2D eigenvalue weighted by molar-refractivity contribution is 5.78. The first-order valence-corrected chi connectivity index (χ1v) is 7.70. The lowest BCUT2D eigenvalue weighted by molar-refractivity contribution is 0.273. The average Bonchev–Trinajstić information content (AvgIpc) is 3.27. The van der Waals surface area contributed by atoms with Gasteiger partial charge in [0.1, 0.15) is 18.3 Å². The van der Waals surface area contributed by atoms with Crippen LogP contribution in [0.3, 0.4) is 0 Å². The molecule has 0 atom stereocenters. The minimum atomic E-state index is -0.133. The number of hydrogen-bond donors (Lipinski definition) is 3. The number of aromatic hydroxyl groups is 1. The zero-order valence-corrected chi connectivity index (χ0v) is 13.5. The Kier molecular flexibility index (Phi) is 3.62. The molecule has 0 aliphatic heterocycles. The molecule has 0 saturated heterocycles. The number of phenolic OH excluding ortho intramolecular Hbond substituents is 1. The number of fused-ring (bicyclic) bond motifs is 1. The Morgan fingerprint density at radius 1 is 1.20 bits per heavy atom. The van der Waals surface area contributed by atoms with Crippen LogP contribution in [0.1, 0.15) is 5.82 Å². The fourth-order valence-corrected chi connectivity index (χ4v) is 2.83. The van der Waals surface area contributed by atoms with Crippen molar-refractivity contribution in [2.24, 2.45) is 0 Å². The zero-order chi connectivity index (χ0) is 17.4. The maximum atomic E-state index is 10.0. The highest BCUT2D eigenvalue weighted by Crippen LogP contribution is 2.31. The highest BCUT2D eigenvalue weighted by atomic mass is 16.5. The van der Waals surface area contributed by atoms with Crippen LogP contribution in [0.5, 0.6) is 11.5 Å². The molecule has 0 spiro atoms. The lowest BCUT2D eigenvalue weighted by Gasteiger charge is -2.10. The Balaban J connectivity index is 1.80. The minimum Gasteiger partial charge on any atom is -0.504 e. The van der Waals surface area contributed by atoms with Gasteiger partial charge in [-0.05, 0) is 36.4 Å². The third kappa shape index (κ3) is 2.60. The molecular formula is C18H16N4O3. The average molecular weight is 336 g/mol. The Hall–Kier alpha value is -3.32. The Morgan fingerprint density at radius 2 is 2.08 bits per heavy atom. The molecule has 7 nitrogen and oxygen atoms in total. The van der Waals surface area contributed by atoms with Gasteiger partial charge < -0.3 is 19.9 Å². The Labute approximate surface area is 143 Å². The molecule has 2 aromatic carbocycles. The number of aliphatic hydroxyl groups excluding tert-OH is 1. The van der Waals surface area contributed by atoms with Crippen molar-refractivity contribution in [3.63, 3.8) is 0 Å². The van der Waals surface area contributed by atoms with E-state index in [4.69, 9.17) is 4.74 Å². The quantitative estimate of drug-likeness (QED) is 0.532. The van der Waals surface area contributed by atoms with E-state index in [9.17, 15) is 10.2 Å². The van der Waals surface area contributed by atoms with E-state index in [-0.39, 0.29) is 12.4 Å². The van der Waals surface area contributed by atoms with Gasteiger partial charge in [-0.1, -0.05) is 0 Å². The number of methoxy groups -OCH3 is 1. The molecule has 7 heteroatoms. The molecule has 0 fully saturated rings. The van der Waals surface area contributed by atoms with E-state index < -0.39 is 0 Å². The second-order valence-corrected chi connectivity index (χ2v) is 5.55. The molecule has 0 radical (unpaired) electrons. The largest absolute Gasteiger partial charge is 0.504 e. The predicted octanol–water partition coefficient (Wildman–Crippen LogP) is 2.62. The second kappa shape index (κ2) is 5.95. The SMILES string of the molecule is COc1ccc(-c2nccn2-c2ccc3nc(CO)[nH]c3c2)cc1O. The summed E-state index contributed by atoms with van der Waals surface area (Å²) in [5.74, 6) is 1.70. The number of nitrogens with one attached hydrogen (secondary N) is 1. The first-order chi connectivity index (χ1) is 12.2. The molecule has 4 rings (SSSR count). The molecule has 126 valence electrons. The van der Waals surface area contributed by atoms with E-state index in [1.807, 2.05) is 35.0 Å². The van der Waals surface area contributed by atoms with Gasteiger partial charge in [-0.2, -0.15) is 0 Å². The van der Waals surface area contributed by atoms with Crippen LogP contribution in [0.4, 0.5) is 0 Å². The molecule has 0 unspecified atom stereocenters. The lowest BCUT2D eigenvalue weighted by atomic mass is 10.2. The third-order valence-electron chi connectivity index (χ3n) is 4.02. The normalized spacial score (nSPS) is 11.1. The number of hydrogen-bond acceptors (Lipinski definition) is 5. The molecule has 0 amide bonds. The molecule has 0 aliphatic rings. The minimum absolute atomic E-state index is 0.0613. The van der Waals surface area contributed by atoms with Gasteiger partial charge in [0, 0.05) is 23.6 Å². The molecule has 2 aromatic heterocycles. The number of phenols is 1. The van der Waals surface area contributed by atoms with Crippen LogP contribution in [0.15, 0.2) is 48.8 Å². The van der Waals surface area contributed by atoms with Crippen molar-refractivity contribution in [3.05, 3.63) is 54.6 Å². The van der Waals surface area contributed by atoms with Gasteiger partial charge in [0.15, 0.2) is 11.5 Å². The van der Waals surface area contributed by atoms with Crippen LogP contribution < -0.4 is 4.74 Å². The third-order valence-corrected chi connectivity index (χ3v) is 4.02. The van der Waals surface area contributed by atoms with E-state index in [1.165, 1.54) is 7.11 Å². The Bertz CT molecular complexity index is 1050. The van der Waals surface area contributed by atoms with Gasteiger partial charge >= 0.3 is 0 Å². The fraction of sp³-hybridized carbons (Fsp3) is 0.111. The molecule has 4 aromatic rings. The van der Waals surface area contributed by atoms with Crippen molar-refractivity contribution in [1.82, 2.24) is 19.5 Å². The lowest BCUT2D eigenvalue weighted by Crippen LogP contribution is -1.96. The van der Waals surface area contributed by atoms with Crippen LogP contribution in [0.25, 0.3) is 28.1 Å². The summed E-state index contributed by atoms with van der Waals surface area (Å²) >= 11 is 0. The van der Waals surface area contributed by atoms with Crippen molar-refractivity contribution < 1.29 is 14.9 Å². The monoisotopic (exact) mass is 336 g/mol. The summed E-state index contributed by atoms with van der Waals surface area (Å²) in [6.45, 7) is -0.133. The van der Waals surface area contributed by atoms with Crippen LogP contribution in [-0.2, 0) is 6.61 Å². The number of benzene rings is 2. The molecule has 3 N–H and O–H groups in total. The topological polar surface area (TPSA) is 96.2 Å². The number of aliphatic hydroxyl groups is 1. The summed E-state index contributed by atoms with van der Waals surface area (Å²) < 4.78 is 7.00. The number of aromatic nitrogens is 4. The standard InChI is InChI=1S/C18H16N4O3/c1-25-16-5-2-11(8-15(16)24)18-19-6-7-22(18)12-3-4-13-14(9-12)21-17(10-23)20-13/h2-9,23-24H,10H2,1H3,(H,20,21). The van der Waals surface area contributed by atoms with Crippen molar-refractivity contribution >= 4 is 11.0 Å². The number of aromatic amines is 1. The van der Waals surface area contributed by atoms with Crippen molar-refractivity contribution in [2.75, 3.05) is 7.11 Å². The van der Waals surface area contributed by atoms with E-state index in [1.54, 1.807) is 18.3 Å². The number of rotatable bonds is 4. The molecule has 0 saturated carbocycles. The van der Waals surface area contributed by atoms with E-state index in [2.05, 4.69) is 15.0 Å². The molecule has 2 heterocycles. The van der Waals surface area contributed by atoms with Crippen LogP contribution in [-0.4, -0.2) is 36.8 Å². The van der Waals surface area contributed by atoms with Crippen molar-refractivity contribution in [1.29, 1.82) is 0 Å². The van der Waals surface area contributed by atoms with Crippen LogP contribution in [0.2, 0.25) is 0 Å². The first-order valence-electron chi connectivity index (χ1n) is 7.70. The summed E-state index contributed by atoms with van der Waals surface area (Å²) in [5, 5.41) is 19.2. The van der Waals surface area contributed by atoms with Crippen molar-refractivity contribution in [3.8, 4) is 28.6 Å². The molecule has 25 heavy (non-hydrogen) atoms. The maximum Gasteiger partial charge on any atom is 0.160 e. The number of imidazole rings is 2. The summed E-state index contributed by atoms with van der Waals surface area (Å²) in [6, 6.07) is 10.9. The van der Waals surface area contributed by atoms with E-state index in [0.717, 1.165) is 22.3 Å². The van der Waals surface area contributed by atoms with Crippen LogP contribution in [0, 0.1) is 0 Å². The van der Waals surface area contributed by atoms with Gasteiger partial charge in [0.05, 0.1) is 18.1 Å². The van der Waals surface area contributed by atoms with Crippen LogP contribution >= 0.6 is 0 Å². The van der Waals surface area contributed by atoms with Gasteiger partial charge in [0.25, 0.3) is 0 Å². The molecular weight excluding hydrogens is 320 g/mol.